The van der Waals surface area contributed by atoms with Crippen molar-refractivity contribution >= 4 is 6.09 Å². The van der Waals surface area contributed by atoms with Gasteiger partial charge in [-0.3, -0.25) is 11.1 Å². The third kappa shape index (κ3) is 1.79. The number of rotatable bonds is 1. The van der Waals surface area contributed by atoms with Gasteiger partial charge >= 0.3 is 6.09 Å². The van der Waals surface area contributed by atoms with Crippen LogP contribution in [0, 0.1) is 0 Å². The number of hydrogen-bond donors (Lipinski definition) is 2. The first-order valence-corrected chi connectivity index (χ1v) is 4.33. The molecule has 0 aliphatic carbocycles. The quantitative estimate of drug-likeness (QED) is 0.569. The van der Waals surface area contributed by atoms with E-state index in [0.29, 0.717) is 10.7 Å². The monoisotopic (exact) mass is 206 g/mol. The van der Waals surface area contributed by atoms with Crippen molar-refractivity contribution in [1.82, 2.24) is 5.32 Å². The minimum Gasteiger partial charge on any atom is -0.453 e. The Morgan fingerprint density at radius 3 is 2.40 bits per heavy atom. The zero-order valence-electron chi connectivity index (χ0n) is 8.10. The molecule has 6 heteroatoms. The maximum atomic E-state index is 11.0. The van der Waals surface area contributed by atoms with Crippen molar-refractivity contribution in [2.75, 3.05) is 7.11 Å². The van der Waals surface area contributed by atoms with Crippen LogP contribution in [-0.4, -0.2) is 19.1 Å². The summed E-state index contributed by atoms with van der Waals surface area (Å²) in [6.45, 7) is 0. The molecule has 0 saturated carbocycles. The largest absolute Gasteiger partial charge is 0.453 e. The zero-order chi connectivity index (χ0) is 10.9. The first kappa shape index (κ1) is 9.60. The van der Waals surface area contributed by atoms with E-state index in [2.05, 4.69) is 20.0 Å². The molecular weight excluding hydrogens is 196 g/mol. The van der Waals surface area contributed by atoms with Gasteiger partial charge in [-0.1, -0.05) is 12.1 Å². The standard InChI is InChI=1S/C9H10N4O2/c1-15-8(14)13-9(10)11-6-4-2-3-5-7(6)12-9/h2-5H,10H2,1H3,(H,13,14). The number of benzene rings is 1. The molecule has 2 rings (SSSR count). The lowest BCUT2D eigenvalue weighted by molar-refractivity contribution is 0.157. The highest BCUT2D eigenvalue weighted by atomic mass is 16.5. The van der Waals surface area contributed by atoms with E-state index in [9.17, 15) is 4.79 Å². The van der Waals surface area contributed by atoms with E-state index < -0.39 is 12.0 Å². The average Bonchev–Trinajstić information content (AvgIpc) is 2.53. The molecule has 0 saturated heterocycles. The maximum Gasteiger partial charge on any atom is 0.411 e. The Kier molecular flexibility index (Phi) is 2.12. The van der Waals surface area contributed by atoms with Gasteiger partial charge in [0.25, 0.3) is 5.91 Å². The second kappa shape index (κ2) is 3.32. The molecule has 3 N–H and O–H groups in total. The van der Waals surface area contributed by atoms with Gasteiger partial charge < -0.3 is 4.74 Å². The van der Waals surface area contributed by atoms with Gasteiger partial charge in [0.05, 0.1) is 17.8 Å². The molecule has 1 heterocycles. The van der Waals surface area contributed by atoms with Crippen LogP contribution in [0.1, 0.15) is 0 Å². The van der Waals surface area contributed by atoms with Crippen molar-refractivity contribution in [2.24, 2.45) is 15.7 Å². The van der Waals surface area contributed by atoms with Gasteiger partial charge in [0, 0.05) is 0 Å². The molecule has 78 valence electrons. The maximum absolute atomic E-state index is 11.0. The molecule has 0 unspecified atom stereocenters. The lowest BCUT2D eigenvalue weighted by Crippen LogP contribution is -2.52. The molecule has 0 bridgehead atoms. The molecule has 15 heavy (non-hydrogen) atoms. The summed E-state index contributed by atoms with van der Waals surface area (Å²) in [5.74, 6) is -1.45. The summed E-state index contributed by atoms with van der Waals surface area (Å²) < 4.78 is 4.43. The lowest BCUT2D eigenvalue weighted by atomic mass is 10.3. The van der Waals surface area contributed by atoms with Crippen LogP contribution >= 0.6 is 0 Å². The SMILES string of the molecule is COC(=O)NC1(N)N=c2ccccc2=N1. The summed E-state index contributed by atoms with van der Waals surface area (Å²) in [7, 11) is 1.25. The third-order valence-electron chi connectivity index (χ3n) is 1.93. The molecule has 1 amide bonds. The smallest absolute Gasteiger partial charge is 0.411 e. The van der Waals surface area contributed by atoms with Gasteiger partial charge in [-0.2, -0.15) is 0 Å². The minimum absolute atomic E-state index is 0.649. The molecule has 1 aromatic rings. The molecule has 0 aromatic heterocycles. The number of amides is 1. The van der Waals surface area contributed by atoms with Gasteiger partial charge in [-0.15, -0.1) is 0 Å². The van der Waals surface area contributed by atoms with Gasteiger partial charge in [-0.25, -0.2) is 14.8 Å². The summed E-state index contributed by atoms with van der Waals surface area (Å²) in [4.78, 5) is 19.1. The summed E-state index contributed by atoms with van der Waals surface area (Å²) in [6.07, 6.45) is -0.669. The van der Waals surface area contributed by atoms with E-state index in [0.717, 1.165) is 0 Å². The van der Waals surface area contributed by atoms with Crippen LogP contribution in [0.4, 0.5) is 4.79 Å². The van der Waals surface area contributed by atoms with Crippen LogP contribution < -0.4 is 21.8 Å². The Morgan fingerprint density at radius 1 is 1.40 bits per heavy atom. The van der Waals surface area contributed by atoms with Crippen molar-refractivity contribution in [3.05, 3.63) is 35.0 Å². The minimum atomic E-state index is -1.45. The highest BCUT2D eigenvalue weighted by molar-refractivity contribution is 5.67. The normalized spacial score (nSPS) is 15.9. The second-order valence-corrected chi connectivity index (χ2v) is 3.06. The van der Waals surface area contributed by atoms with Crippen LogP contribution in [0.15, 0.2) is 34.3 Å². The Hall–Kier alpha value is -1.95. The van der Waals surface area contributed by atoms with Crippen molar-refractivity contribution in [2.45, 2.75) is 5.91 Å². The summed E-state index contributed by atoms with van der Waals surface area (Å²) in [6, 6.07) is 7.18. The molecular formula is C9H10N4O2. The highest BCUT2D eigenvalue weighted by Crippen LogP contribution is 2.01. The van der Waals surface area contributed by atoms with Crippen LogP contribution in [0.3, 0.4) is 0 Å². The van der Waals surface area contributed by atoms with Gasteiger partial charge in [0.1, 0.15) is 0 Å². The molecule has 1 aliphatic rings. The predicted molar refractivity (Wildman–Crippen MR) is 51.2 cm³/mol. The molecule has 0 spiro atoms. The van der Waals surface area contributed by atoms with E-state index in [1.54, 1.807) is 12.1 Å². The number of alkyl carbamates (subject to hydrolysis) is 1. The summed E-state index contributed by atoms with van der Waals surface area (Å²) >= 11 is 0. The number of nitrogens with one attached hydrogen (secondary N) is 1. The number of para-hydroxylation sites is 2. The first-order valence-electron chi connectivity index (χ1n) is 4.33. The molecule has 0 atom stereocenters. The van der Waals surface area contributed by atoms with E-state index in [1.165, 1.54) is 7.11 Å². The number of nitrogens with zero attached hydrogens (tertiary/aromatic N) is 2. The number of hydrogen-bond acceptors (Lipinski definition) is 5. The van der Waals surface area contributed by atoms with Crippen LogP contribution in [0.2, 0.25) is 0 Å². The van der Waals surface area contributed by atoms with Gasteiger partial charge in [0.2, 0.25) is 0 Å². The Balaban J connectivity index is 2.36. The van der Waals surface area contributed by atoms with Crippen molar-refractivity contribution in [3.63, 3.8) is 0 Å². The molecule has 0 radical (unpaired) electrons. The Labute approximate surface area is 85.5 Å². The Bertz CT molecular complexity index is 476. The van der Waals surface area contributed by atoms with E-state index in [1.807, 2.05) is 12.1 Å². The van der Waals surface area contributed by atoms with Gasteiger partial charge in [0.15, 0.2) is 0 Å². The van der Waals surface area contributed by atoms with Crippen molar-refractivity contribution < 1.29 is 9.53 Å². The van der Waals surface area contributed by atoms with Crippen LogP contribution in [0.25, 0.3) is 0 Å². The Morgan fingerprint density at radius 2 is 1.93 bits per heavy atom. The molecule has 1 aromatic carbocycles. The molecule has 0 fully saturated rings. The van der Waals surface area contributed by atoms with Crippen LogP contribution in [0.5, 0.6) is 0 Å². The zero-order valence-corrected chi connectivity index (χ0v) is 8.10. The van der Waals surface area contributed by atoms with Crippen LogP contribution in [-0.2, 0) is 4.74 Å². The fourth-order valence-corrected chi connectivity index (χ4v) is 1.30. The predicted octanol–water partition coefficient (Wildman–Crippen LogP) is -1.13. The average molecular weight is 206 g/mol. The van der Waals surface area contributed by atoms with Gasteiger partial charge in [-0.05, 0) is 12.1 Å². The highest BCUT2D eigenvalue weighted by Gasteiger charge is 2.28. The second-order valence-electron chi connectivity index (χ2n) is 3.06. The van der Waals surface area contributed by atoms with E-state index in [-0.39, 0.29) is 0 Å². The fraction of sp³-hybridized carbons (Fsp3) is 0.222. The number of carbonyl (C=O) groups is 1. The van der Waals surface area contributed by atoms with Crippen molar-refractivity contribution in [1.29, 1.82) is 0 Å². The third-order valence-corrected chi connectivity index (χ3v) is 1.93. The molecule has 1 aliphatic heterocycles. The number of carbonyl (C=O) groups excluding carboxylic acids is 1. The summed E-state index contributed by atoms with van der Waals surface area (Å²) in [5.41, 5.74) is 5.74. The topological polar surface area (TPSA) is 89.1 Å². The van der Waals surface area contributed by atoms with E-state index in [4.69, 9.17) is 5.73 Å². The first-order chi connectivity index (χ1) is 7.13. The number of ether oxygens (including phenoxy) is 1. The number of nitrogens with two attached hydrogens (primary N) is 1. The van der Waals surface area contributed by atoms with E-state index >= 15 is 0 Å². The van der Waals surface area contributed by atoms with Crippen molar-refractivity contribution in [3.8, 4) is 0 Å². The fourth-order valence-electron chi connectivity index (χ4n) is 1.30. The molecule has 6 nitrogen and oxygen atoms in total. The number of fused-ring (bicyclic) bond motifs is 1. The number of methoxy groups -OCH3 is 1. The lowest BCUT2D eigenvalue weighted by Gasteiger charge is -2.17. The summed E-state index contributed by atoms with van der Waals surface area (Å²) in [5, 5.41) is 3.63.